The molecule has 0 radical (unpaired) electrons. The topological polar surface area (TPSA) is 84.0 Å². The summed E-state index contributed by atoms with van der Waals surface area (Å²) in [7, 11) is 0. The summed E-state index contributed by atoms with van der Waals surface area (Å²) in [5, 5.41) is 6.09. The normalized spacial score (nSPS) is 10.2. The molecule has 7 heteroatoms. The van der Waals surface area contributed by atoms with Gasteiger partial charge in [-0.1, -0.05) is 23.7 Å². The van der Waals surface area contributed by atoms with Crippen LogP contribution in [0.2, 0.25) is 5.02 Å². The molecule has 0 aliphatic rings. The van der Waals surface area contributed by atoms with E-state index in [0.717, 1.165) is 0 Å². The summed E-state index contributed by atoms with van der Waals surface area (Å²) >= 11 is 5.84. The molecule has 2 N–H and O–H groups in total. The summed E-state index contributed by atoms with van der Waals surface area (Å²) in [6.45, 7) is 1.71. The number of aromatic nitrogens is 2. The van der Waals surface area contributed by atoms with E-state index in [1.807, 2.05) is 0 Å². The summed E-state index contributed by atoms with van der Waals surface area (Å²) in [6, 6.07) is 15.0. The van der Waals surface area contributed by atoms with Crippen molar-refractivity contribution in [1.29, 1.82) is 0 Å². The first kappa shape index (κ1) is 17.6. The van der Waals surface area contributed by atoms with Crippen LogP contribution in [-0.2, 0) is 0 Å². The van der Waals surface area contributed by atoms with Gasteiger partial charge in [0.15, 0.2) is 0 Å². The Morgan fingerprint density at radius 2 is 1.50 bits per heavy atom. The Bertz CT molecular complexity index is 958. The summed E-state index contributed by atoms with van der Waals surface area (Å²) < 4.78 is 0. The first-order valence-electron chi connectivity index (χ1n) is 7.80. The monoisotopic (exact) mass is 366 g/mol. The standard InChI is InChI=1S/C19H15ClN4O2/c1-12-21-11-10-17(22-12)19(26)24-16-5-3-2-4-15(16)23-18(25)13-6-8-14(20)9-7-13/h2-11H,1H3,(H,23,25)(H,24,26). The quantitative estimate of drug-likeness (QED) is 0.732. The largest absolute Gasteiger partial charge is 0.320 e. The highest BCUT2D eigenvalue weighted by atomic mass is 35.5. The molecule has 1 aromatic heterocycles. The number of amides is 2. The lowest BCUT2D eigenvalue weighted by molar-refractivity contribution is 0.101. The van der Waals surface area contributed by atoms with Crippen LogP contribution in [-0.4, -0.2) is 21.8 Å². The zero-order chi connectivity index (χ0) is 18.5. The van der Waals surface area contributed by atoms with Crippen LogP contribution in [0.5, 0.6) is 0 Å². The zero-order valence-electron chi connectivity index (χ0n) is 13.9. The number of carbonyl (C=O) groups excluding carboxylic acids is 2. The van der Waals surface area contributed by atoms with Gasteiger partial charge in [0.1, 0.15) is 11.5 Å². The molecule has 0 aliphatic heterocycles. The number of anilines is 2. The molecule has 1 heterocycles. The molecule has 0 fully saturated rings. The van der Waals surface area contributed by atoms with Gasteiger partial charge in [-0.25, -0.2) is 9.97 Å². The van der Waals surface area contributed by atoms with Gasteiger partial charge in [0, 0.05) is 16.8 Å². The number of nitrogens with zero attached hydrogens (tertiary/aromatic N) is 2. The number of hydrogen-bond acceptors (Lipinski definition) is 4. The van der Waals surface area contributed by atoms with Gasteiger partial charge >= 0.3 is 0 Å². The first-order chi connectivity index (χ1) is 12.5. The fraction of sp³-hybridized carbons (Fsp3) is 0.0526. The lowest BCUT2D eigenvalue weighted by Crippen LogP contribution is -2.18. The van der Waals surface area contributed by atoms with E-state index in [9.17, 15) is 9.59 Å². The molecule has 3 rings (SSSR count). The van der Waals surface area contributed by atoms with Crippen molar-refractivity contribution >= 4 is 34.8 Å². The lowest BCUT2D eigenvalue weighted by atomic mass is 10.2. The van der Waals surface area contributed by atoms with Crippen molar-refractivity contribution in [2.24, 2.45) is 0 Å². The number of rotatable bonds is 4. The predicted octanol–water partition coefficient (Wildman–Crippen LogP) is 3.94. The lowest BCUT2D eigenvalue weighted by Gasteiger charge is -2.12. The molecule has 0 unspecified atom stereocenters. The molecule has 0 bridgehead atoms. The Morgan fingerprint density at radius 3 is 2.12 bits per heavy atom. The van der Waals surface area contributed by atoms with Gasteiger partial charge in [-0.2, -0.15) is 0 Å². The summed E-state index contributed by atoms with van der Waals surface area (Å²) in [4.78, 5) is 32.8. The van der Waals surface area contributed by atoms with Crippen molar-refractivity contribution in [3.05, 3.63) is 82.9 Å². The maximum absolute atomic E-state index is 12.4. The van der Waals surface area contributed by atoms with Gasteiger partial charge in [-0.05, 0) is 49.4 Å². The third-order valence-corrected chi connectivity index (χ3v) is 3.79. The van der Waals surface area contributed by atoms with Crippen LogP contribution in [0.3, 0.4) is 0 Å². The van der Waals surface area contributed by atoms with Gasteiger partial charge in [0.05, 0.1) is 11.4 Å². The van der Waals surface area contributed by atoms with E-state index < -0.39 is 0 Å². The Balaban J connectivity index is 1.78. The second-order valence-corrected chi connectivity index (χ2v) is 5.89. The highest BCUT2D eigenvalue weighted by Crippen LogP contribution is 2.22. The first-order valence-corrected chi connectivity index (χ1v) is 8.17. The number of hydrogen-bond donors (Lipinski definition) is 2. The van der Waals surface area contributed by atoms with Crippen LogP contribution >= 0.6 is 11.6 Å². The summed E-state index contributed by atoms with van der Waals surface area (Å²) in [5.74, 6) is -0.188. The molecule has 0 saturated heterocycles. The van der Waals surface area contributed by atoms with Crippen molar-refractivity contribution in [1.82, 2.24) is 9.97 Å². The van der Waals surface area contributed by atoms with E-state index in [0.29, 0.717) is 27.8 Å². The molecule has 0 atom stereocenters. The van der Waals surface area contributed by atoms with Crippen molar-refractivity contribution < 1.29 is 9.59 Å². The van der Waals surface area contributed by atoms with E-state index in [1.54, 1.807) is 55.5 Å². The van der Waals surface area contributed by atoms with Crippen LogP contribution in [0.4, 0.5) is 11.4 Å². The smallest absolute Gasteiger partial charge is 0.274 e. The van der Waals surface area contributed by atoms with Crippen LogP contribution in [0.15, 0.2) is 60.8 Å². The number of halogens is 1. The van der Waals surface area contributed by atoms with Crippen molar-refractivity contribution in [3.63, 3.8) is 0 Å². The van der Waals surface area contributed by atoms with Gasteiger partial charge in [0.2, 0.25) is 0 Å². The Hall–Kier alpha value is -3.25. The maximum atomic E-state index is 12.4. The molecule has 0 aliphatic carbocycles. The van der Waals surface area contributed by atoms with E-state index in [1.165, 1.54) is 12.3 Å². The minimum Gasteiger partial charge on any atom is -0.320 e. The van der Waals surface area contributed by atoms with Gasteiger partial charge in [-0.15, -0.1) is 0 Å². The number of para-hydroxylation sites is 2. The van der Waals surface area contributed by atoms with E-state index >= 15 is 0 Å². The summed E-state index contributed by atoms with van der Waals surface area (Å²) in [5.41, 5.74) is 1.65. The molecule has 0 saturated carbocycles. The maximum Gasteiger partial charge on any atom is 0.274 e. The van der Waals surface area contributed by atoms with Crippen LogP contribution in [0.25, 0.3) is 0 Å². The molecule has 26 heavy (non-hydrogen) atoms. The number of aryl methyl sites for hydroxylation is 1. The van der Waals surface area contributed by atoms with Gasteiger partial charge < -0.3 is 10.6 Å². The highest BCUT2D eigenvalue weighted by molar-refractivity contribution is 6.30. The number of benzene rings is 2. The highest BCUT2D eigenvalue weighted by Gasteiger charge is 2.13. The molecule has 2 aromatic carbocycles. The van der Waals surface area contributed by atoms with E-state index in [4.69, 9.17) is 11.6 Å². The second-order valence-electron chi connectivity index (χ2n) is 5.45. The molecule has 0 spiro atoms. The molecule has 2 amide bonds. The minimum atomic E-state index is -0.385. The number of carbonyl (C=O) groups is 2. The van der Waals surface area contributed by atoms with Crippen molar-refractivity contribution in [3.8, 4) is 0 Å². The van der Waals surface area contributed by atoms with Gasteiger partial charge in [0.25, 0.3) is 11.8 Å². The predicted molar refractivity (Wildman–Crippen MR) is 101 cm³/mol. The second kappa shape index (κ2) is 7.76. The van der Waals surface area contributed by atoms with E-state index in [2.05, 4.69) is 20.6 Å². The average molecular weight is 367 g/mol. The zero-order valence-corrected chi connectivity index (χ0v) is 14.6. The van der Waals surface area contributed by atoms with Gasteiger partial charge in [-0.3, -0.25) is 9.59 Å². The SMILES string of the molecule is Cc1nccc(C(=O)Nc2ccccc2NC(=O)c2ccc(Cl)cc2)n1. The molecular weight excluding hydrogens is 352 g/mol. The Labute approximate surface area is 155 Å². The summed E-state index contributed by atoms with van der Waals surface area (Å²) in [6.07, 6.45) is 1.52. The number of nitrogens with one attached hydrogen (secondary N) is 2. The fourth-order valence-corrected chi connectivity index (χ4v) is 2.39. The molecule has 6 nitrogen and oxygen atoms in total. The van der Waals surface area contributed by atoms with Crippen molar-refractivity contribution in [2.75, 3.05) is 10.6 Å². The fourth-order valence-electron chi connectivity index (χ4n) is 2.27. The molecular formula is C19H15ClN4O2. The van der Waals surface area contributed by atoms with E-state index in [-0.39, 0.29) is 17.5 Å². The van der Waals surface area contributed by atoms with Crippen LogP contribution in [0.1, 0.15) is 26.7 Å². The Morgan fingerprint density at radius 1 is 0.885 bits per heavy atom. The van der Waals surface area contributed by atoms with Crippen LogP contribution < -0.4 is 10.6 Å². The van der Waals surface area contributed by atoms with Crippen LogP contribution in [0, 0.1) is 6.92 Å². The minimum absolute atomic E-state index is 0.247. The molecule has 130 valence electrons. The third kappa shape index (κ3) is 4.23. The third-order valence-electron chi connectivity index (χ3n) is 3.54. The average Bonchev–Trinajstić information content (AvgIpc) is 2.64. The molecule has 3 aromatic rings. The Kier molecular flexibility index (Phi) is 5.24. The van der Waals surface area contributed by atoms with Crippen molar-refractivity contribution in [2.45, 2.75) is 6.92 Å².